The predicted molar refractivity (Wildman–Crippen MR) is 100 cm³/mol. The molecule has 0 aliphatic heterocycles. The second-order valence-corrected chi connectivity index (χ2v) is 6.66. The van der Waals surface area contributed by atoms with Gasteiger partial charge in [-0.1, -0.05) is 37.7 Å². The highest BCUT2D eigenvalue weighted by Crippen LogP contribution is 2.23. The largest absolute Gasteiger partial charge is 0.490 e. The van der Waals surface area contributed by atoms with Crippen molar-refractivity contribution in [2.75, 3.05) is 6.61 Å². The van der Waals surface area contributed by atoms with Gasteiger partial charge in [0.05, 0.1) is 12.7 Å². The average Bonchev–Trinajstić information content (AvgIpc) is 2.66. The fraction of sp³-hybridized carbons (Fsp3) is 0.571. The van der Waals surface area contributed by atoms with Crippen LogP contribution in [0.1, 0.15) is 64.4 Å². The van der Waals surface area contributed by atoms with Gasteiger partial charge in [-0.15, -0.1) is 0 Å². The molecule has 1 aromatic rings. The lowest BCUT2D eigenvalue weighted by atomic mass is 9.98. The van der Waals surface area contributed by atoms with Crippen LogP contribution in [-0.4, -0.2) is 35.1 Å². The summed E-state index contributed by atoms with van der Waals surface area (Å²) in [7, 11) is 0. The Morgan fingerprint density at radius 3 is 2.85 bits per heavy atom. The van der Waals surface area contributed by atoms with Gasteiger partial charge in [0.2, 0.25) is 0 Å². The number of carbonyl (C=O) groups is 1. The van der Waals surface area contributed by atoms with Crippen LogP contribution in [0, 0.1) is 11.8 Å². The molecule has 1 amide bonds. The molecule has 5 nitrogen and oxygen atoms in total. The molecule has 1 fully saturated rings. The molecule has 142 valence electrons. The molecule has 0 radical (unpaired) electrons. The van der Waals surface area contributed by atoms with E-state index in [0.29, 0.717) is 11.7 Å². The predicted octanol–water partition coefficient (Wildman–Crippen LogP) is 4.77. The monoisotopic (exact) mass is 359 g/mol. The minimum absolute atomic E-state index is 0.289. The molecule has 5 heteroatoms. The molecule has 2 rings (SSSR count). The number of benzene rings is 1. The summed E-state index contributed by atoms with van der Waals surface area (Å²) < 4.78 is 11.0. The van der Waals surface area contributed by atoms with Gasteiger partial charge in [-0.25, -0.2) is 4.79 Å². The van der Waals surface area contributed by atoms with Crippen LogP contribution in [0.15, 0.2) is 24.3 Å². The number of rotatable bonds is 6. The highest BCUT2D eigenvalue weighted by molar-refractivity contribution is 5.67. The second-order valence-electron chi connectivity index (χ2n) is 6.66. The third-order valence-corrected chi connectivity index (χ3v) is 4.39. The van der Waals surface area contributed by atoms with Crippen molar-refractivity contribution in [1.29, 1.82) is 0 Å². The van der Waals surface area contributed by atoms with E-state index in [-0.39, 0.29) is 6.10 Å². The lowest BCUT2D eigenvalue weighted by molar-refractivity contribution is -0.0866. The first kappa shape index (κ1) is 20.1. The van der Waals surface area contributed by atoms with Gasteiger partial charge in [0.1, 0.15) is 11.8 Å². The number of ether oxygens (including phenoxy) is 2. The van der Waals surface area contributed by atoms with Gasteiger partial charge in [-0.05, 0) is 57.2 Å². The number of carbonyl (C=O) groups excluding carboxylic acids is 1. The van der Waals surface area contributed by atoms with Gasteiger partial charge in [0.25, 0.3) is 0 Å². The Hall–Kier alpha value is -2.19. The van der Waals surface area contributed by atoms with Crippen LogP contribution >= 0.6 is 0 Å². The van der Waals surface area contributed by atoms with Crippen molar-refractivity contribution in [3.05, 3.63) is 29.8 Å². The van der Waals surface area contributed by atoms with E-state index in [1.54, 1.807) is 6.92 Å². The zero-order chi connectivity index (χ0) is 18.8. The first-order valence-corrected chi connectivity index (χ1v) is 9.53. The van der Waals surface area contributed by atoms with Crippen molar-refractivity contribution >= 4 is 6.09 Å². The number of unbranched alkanes of at least 4 members (excludes halogenated alkanes) is 1. The molecule has 1 atom stereocenters. The van der Waals surface area contributed by atoms with E-state index >= 15 is 0 Å². The van der Waals surface area contributed by atoms with E-state index < -0.39 is 12.1 Å². The van der Waals surface area contributed by atoms with E-state index in [1.165, 1.54) is 19.3 Å². The van der Waals surface area contributed by atoms with E-state index in [9.17, 15) is 10.0 Å². The fourth-order valence-electron chi connectivity index (χ4n) is 2.80. The summed E-state index contributed by atoms with van der Waals surface area (Å²) in [6.45, 7) is 3.95. The van der Waals surface area contributed by atoms with Crippen molar-refractivity contribution in [2.24, 2.45) is 0 Å². The summed E-state index contributed by atoms with van der Waals surface area (Å²) in [5.41, 5.74) is 0.790. The van der Waals surface area contributed by atoms with Gasteiger partial charge in [-0.3, -0.25) is 5.21 Å². The summed E-state index contributed by atoms with van der Waals surface area (Å²) in [4.78, 5) is 11.7. The zero-order valence-corrected chi connectivity index (χ0v) is 15.7. The van der Waals surface area contributed by atoms with Crippen LogP contribution in [0.5, 0.6) is 5.75 Å². The van der Waals surface area contributed by atoms with Gasteiger partial charge in [0, 0.05) is 5.56 Å². The molecule has 1 aliphatic rings. The SMILES string of the molecule is CCCCOC(=O)N(O)C(C)C#Cc1cccc(OC2CCCCC2)c1. The molecule has 0 bridgehead atoms. The zero-order valence-electron chi connectivity index (χ0n) is 15.7. The quantitative estimate of drug-likeness (QED) is 0.344. The van der Waals surface area contributed by atoms with Crippen molar-refractivity contribution in [3.8, 4) is 17.6 Å². The molecule has 1 aromatic carbocycles. The molecule has 1 unspecified atom stereocenters. The van der Waals surface area contributed by atoms with E-state index in [4.69, 9.17) is 9.47 Å². The molecule has 0 saturated heterocycles. The normalized spacial score (nSPS) is 15.5. The third-order valence-electron chi connectivity index (χ3n) is 4.39. The fourth-order valence-corrected chi connectivity index (χ4v) is 2.80. The van der Waals surface area contributed by atoms with Crippen LogP contribution in [0.4, 0.5) is 4.79 Å². The van der Waals surface area contributed by atoms with Crippen molar-refractivity contribution in [2.45, 2.75) is 70.9 Å². The molecule has 26 heavy (non-hydrogen) atoms. The average molecular weight is 359 g/mol. The van der Waals surface area contributed by atoms with Gasteiger partial charge >= 0.3 is 6.09 Å². The van der Waals surface area contributed by atoms with Crippen molar-refractivity contribution < 1.29 is 19.5 Å². The summed E-state index contributed by atoms with van der Waals surface area (Å²) in [5, 5.41) is 10.4. The van der Waals surface area contributed by atoms with Crippen molar-refractivity contribution in [3.63, 3.8) is 0 Å². The molecular formula is C21H29NO4. The second kappa shape index (κ2) is 10.7. The summed E-state index contributed by atoms with van der Waals surface area (Å²) in [6, 6.07) is 6.96. The molecule has 1 aliphatic carbocycles. The van der Waals surface area contributed by atoms with E-state index in [2.05, 4.69) is 11.8 Å². The van der Waals surface area contributed by atoms with Crippen LogP contribution in [-0.2, 0) is 4.74 Å². The van der Waals surface area contributed by atoms with Crippen LogP contribution in [0.3, 0.4) is 0 Å². The first-order chi connectivity index (χ1) is 12.6. The molecule has 0 aromatic heterocycles. The van der Waals surface area contributed by atoms with E-state index in [0.717, 1.165) is 37.0 Å². The van der Waals surface area contributed by atoms with E-state index in [1.807, 2.05) is 31.2 Å². The molecule has 1 N–H and O–H groups in total. The van der Waals surface area contributed by atoms with Crippen molar-refractivity contribution in [1.82, 2.24) is 5.06 Å². The maximum atomic E-state index is 11.7. The van der Waals surface area contributed by atoms with Gasteiger partial charge in [-0.2, -0.15) is 5.06 Å². The standard InChI is InChI=1S/C21H29NO4/c1-3-4-15-25-21(23)22(24)17(2)13-14-18-9-8-12-20(16-18)26-19-10-6-5-7-11-19/h8-9,12,16-17,19,24H,3-7,10-11,15H2,1-2H3. The Balaban J connectivity index is 1.91. The molecule has 0 heterocycles. The number of hydrogen-bond donors (Lipinski definition) is 1. The first-order valence-electron chi connectivity index (χ1n) is 9.53. The lowest BCUT2D eigenvalue weighted by Crippen LogP contribution is -2.35. The van der Waals surface area contributed by atoms with Gasteiger partial charge < -0.3 is 9.47 Å². The summed E-state index contributed by atoms with van der Waals surface area (Å²) >= 11 is 0. The number of hydroxylamine groups is 2. The Kier molecular flexibility index (Phi) is 8.30. The maximum absolute atomic E-state index is 11.7. The Morgan fingerprint density at radius 1 is 1.35 bits per heavy atom. The number of amides is 1. The smallest absolute Gasteiger partial charge is 0.434 e. The maximum Gasteiger partial charge on any atom is 0.434 e. The Labute approximate surface area is 156 Å². The highest BCUT2D eigenvalue weighted by Gasteiger charge is 2.17. The topological polar surface area (TPSA) is 59.0 Å². The van der Waals surface area contributed by atoms with Crippen LogP contribution < -0.4 is 4.74 Å². The van der Waals surface area contributed by atoms with Gasteiger partial charge in [0.15, 0.2) is 0 Å². The molecule has 0 spiro atoms. The number of nitrogens with zero attached hydrogens (tertiary/aromatic N) is 1. The molecule has 1 saturated carbocycles. The summed E-state index contributed by atoms with van der Waals surface area (Å²) in [5.74, 6) is 6.67. The lowest BCUT2D eigenvalue weighted by Gasteiger charge is -2.23. The third kappa shape index (κ3) is 6.61. The Morgan fingerprint density at radius 2 is 2.12 bits per heavy atom. The minimum atomic E-state index is -0.769. The number of hydrogen-bond acceptors (Lipinski definition) is 4. The summed E-state index contributed by atoms with van der Waals surface area (Å²) in [6.07, 6.45) is 7.17. The Bertz CT molecular complexity index is 628. The minimum Gasteiger partial charge on any atom is -0.490 e. The highest BCUT2D eigenvalue weighted by atomic mass is 16.6. The van der Waals surface area contributed by atoms with Crippen LogP contribution in [0.25, 0.3) is 0 Å². The van der Waals surface area contributed by atoms with Crippen LogP contribution in [0.2, 0.25) is 0 Å². The molecular weight excluding hydrogens is 330 g/mol.